The first kappa shape index (κ1) is 15.5. The lowest BCUT2D eigenvalue weighted by Gasteiger charge is -2.21. The van der Waals surface area contributed by atoms with Gasteiger partial charge in [-0.05, 0) is 44.0 Å². The van der Waals surface area contributed by atoms with E-state index in [1.54, 1.807) is 0 Å². The maximum atomic E-state index is 5.84. The first-order valence-electron chi connectivity index (χ1n) is 7.28. The van der Waals surface area contributed by atoms with Gasteiger partial charge in [-0.15, -0.1) is 0 Å². The van der Waals surface area contributed by atoms with E-state index in [9.17, 15) is 0 Å². The van der Waals surface area contributed by atoms with Crippen LogP contribution in [0.25, 0.3) is 0 Å². The van der Waals surface area contributed by atoms with Crippen LogP contribution in [-0.4, -0.2) is 11.6 Å². The largest absolute Gasteiger partial charge is 0.493 e. The lowest BCUT2D eigenvalue weighted by Crippen LogP contribution is -2.29. The Morgan fingerprint density at radius 1 is 1.19 bits per heavy atom. The van der Waals surface area contributed by atoms with E-state index in [4.69, 9.17) is 10.6 Å². The average Bonchev–Trinajstić information content (AvgIpc) is 2.46. The van der Waals surface area contributed by atoms with Crippen LogP contribution in [0.3, 0.4) is 0 Å². The number of aromatic nitrogens is 1. The van der Waals surface area contributed by atoms with Gasteiger partial charge in [0.05, 0.1) is 12.6 Å². The summed E-state index contributed by atoms with van der Waals surface area (Å²) in [6, 6.07) is 12.0. The normalized spacial score (nSPS) is 12.2. The summed E-state index contributed by atoms with van der Waals surface area (Å²) >= 11 is 0. The van der Waals surface area contributed by atoms with Crippen LogP contribution in [-0.2, 0) is 0 Å². The summed E-state index contributed by atoms with van der Waals surface area (Å²) in [7, 11) is 0. The van der Waals surface area contributed by atoms with E-state index in [0.29, 0.717) is 6.61 Å². The molecule has 112 valence electrons. The quantitative estimate of drug-likeness (QED) is 0.632. The van der Waals surface area contributed by atoms with Crippen molar-refractivity contribution in [2.75, 3.05) is 6.61 Å². The summed E-state index contributed by atoms with van der Waals surface area (Å²) in [6.07, 6.45) is 0.975. The molecule has 0 aliphatic carbocycles. The molecule has 0 spiro atoms. The number of hydrazine groups is 1. The number of benzene rings is 1. The topological polar surface area (TPSA) is 60.2 Å². The molecule has 3 N–H and O–H groups in total. The van der Waals surface area contributed by atoms with Gasteiger partial charge in [-0.3, -0.25) is 10.8 Å². The molecule has 21 heavy (non-hydrogen) atoms. The predicted octanol–water partition coefficient (Wildman–Crippen LogP) is 3.04. The number of aryl methyl sites for hydroxylation is 2. The van der Waals surface area contributed by atoms with Crippen LogP contribution in [0.5, 0.6) is 5.75 Å². The average molecular weight is 285 g/mol. The third kappa shape index (κ3) is 3.80. The van der Waals surface area contributed by atoms with E-state index in [-0.39, 0.29) is 6.04 Å². The van der Waals surface area contributed by atoms with E-state index in [2.05, 4.69) is 17.3 Å². The van der Waals surface area contributed by atoms with Crippen LogP contribution < -0.4 is 16.0 Å². The van der Waals surface area contributed by atoms with Crippen molar-refractivity contribution < 1.29 is 4.74 Å². The van der Waals surface area contributed by atoms with Crippen LogP contribution in [0.15, 0.2) is 36.4 Å². The number of pyridine rings is 1. The molecular weight excluding hydrogens is 262 g/mol. The van der Waals surface area contributed by atoms with Gasteiger partial charge in [-0.2, -0.15) is 0 Å². The van der Waals surface area contributed by atoms with E-state index < -0.39 is 0 Å². The number of rotatable bonds is 6. The van der Waals surface area contributed by atoms with Gasteiger partial charge in [0.1, 0.15) is 5.75 Å². The molecule has 2 rings (SSSR count). The molecule has 0 bridgehead atoms. The Morgan fingerprint density at radius 3 is 2.48 bits per heavy atom. The van der Waals surface area contributed by atoms with Gasteiger partial charge >= 0.3 is 0 Å². The molecule has 1 atom stereocenters. The summed E-state index contributed by atoms with van der Waals surface area (Å²) in [6.45, 7) is 6.77. The molecule has 1 unspecified atom stereocenters. The molecule has 0 saturated carbocycles. The van der Waals surface area contributed by atoms with Crippen molar-refractivity contribution >= 4 is 0 Å². The lowest BCUT2D eigenvalue weighted by molar-refractivity contribution is 0.311. The summed E-state index contributed by atoms with van der Waals surface area (Å²) < 4.78 is 5.84. The molecule has 0 saturated heterocycles. The standard InChI is InChI=1S/C17H23N3O/c1-4-9-21-16-8-6-5-7-15(16)17(20-18)14-10-12(2)19-13(3)11-14/h5-8,10-11,17,20H,4,9,18H2,1-3H3. The van der Waals surface area contributed by atoms with Gasteiger partial charge in [0, 0.05) is 17.0 Å². The van der Waals surface area contributed by atoms with Crippen molar-refractivity contribution in [1.82, 2.24) is 10.4 Å². The van der Waals surface area contributed by atoms with Crippen molar-refractivity contribution in [2.45, 2.75) is 33.2 Å². The van der Waals surface area contributed by atoms with Gasteiger partial charge in [0.25, 0.3) is 0 Å². The minimum Gasteiger partial charge on any atom is -0.493 e. The van der Waals surface area contributed by atoms with Crippen LogP contribution in [0.4, 0.5) is 0 Å². The molecule has 1 aromatic heterocycles. The third-order valence-electron chi connectivity index (χ3n) is 3.30. The maximum absolute atomic E-state index is 5.84. The zero-order chi connectivity index (χ0) is 15.2. The number of hydrogen-bond donors (Lipinski definition) is 2. The van der Waals surface area contributed by atoms with Crippen molar-refractivity contribution in [3.63, 3.8) is 0 Å². The zero-order valence-corrected chi connectivity index (χ0v) is 12.9. The van der Waals surface area contributed by atoms with Gasteiger partial charge in [0.15, 0.2) is 0 Å². The maximum Gasteiger partial charge on any atom is 0.124 e. The minimum atomic E-state index is -0.113. The molecule has 0 fully saturated rings. The van der Waals surface area contributed by atoms with Crippen LogP contribution in [0, 0.1) is 13.8 Å². The van der Waals surface area contributed by atoms with Crippen molar-refractivity contribution in [2.24, 2.45) is 5.84 Å². The molecule has 1 aromatic carbocycles. The Balaban J connectivity index is 2.41. The monoisotopic (exact) mass is 285 g/mol. The van der Waals surface area contributed by atoms with Gasteiger partial charge < -0.3 is 4.74 Å². The van der Waals surface area contributed by atoms with Crippen LogP contribution in [0.1, 0.15) is 41.9 Å². The fourth-order valence-corrected chi connectivity index (χ4v) is 2.46. The van der Waals surface area contributed by atoms with Crippen molar-refractivity contribution in [1.29, 1.82) is 0 Å². The van der Waals surface area contributed by atoms with E-state index in [0.717, 1.165) is 34.7 Å². The highest BCUT2D eigenvalue weighted by Crippen LogP contribution is 2.30. The molecule has 0 aliphatic rings. The Bertz CT molecular complexity index is 578. The Morgan fingerprint density at radius 2 is 1.86 bits per heavy atom. The molecule has 1 heterocycles. The summed E-state index contributed by atoms with van der Waals surface area (Å²) in [4.78, 5) is 4.42. The van der Waals surface area contributed by atoms with Gasteiger partial charge in [-0.25, -0.2) is 5.43 Å². The second-order valence-electron chi connectivity index (χ2n) is 5.17. The number of hydrogen-bond acceptors (Lipinski definition) is 4. The molecule has 2 aromatic rings. The van der Waals surface area contributed by atoms with E-state index in [1.165, 1.54) is 0 Å². The Hall–Kier alpha value is -1.91. The Kier molecular flexibility index (Phi) is 5.31. The molecule has 4 nitrogen and oxygen atoms in total. The summed E-state index contributed by atoms with van der Waals surface area (Å²) in [5.41, 5.74) is 7.00. The van der Waals surface area contributed by atoms with Crippen molar-refractivity contribution in [3.8, 4) is 5.75 Å². The summed E-state index contributed by atoms with van der Waals surface area (Å²) in [5.74, 6) is 6.68. The predicted molar refractivity (Wildman–Crippen MR) is 85.1 cm³/mol. The number of para-hydroxylation sites is 1. The number of ether oxygens (including phenoxy) is 1. The van der Waals surface area contributed by atoms with Gasteiger partial charge in [0.2, 0.25) is 0 Å². The van der Waals surface area contributed by atoms with Gasteiger partial charge in [-0.1, -0.05) is 25.1 Å². The third-order valence-corrected chi connectivity index (χ3v) is 3.30. The first-order valence-corrected chi connectivity index (χ1v) is 7.28. The highest BCUT2D eigenvalue weighted by Gasteiger charge is 2.17. The fraction of sp³-hybridized carbons (Fsp3) is 0.353. The van der Waals surface area contributed by atoms with Crippen LogP contribution >= 0.6 is 0 Å². The second kappa shape index (κ2) is 7.20. The summed E-state index contributed by atoms with van der Waals surface area (Å²) in [5, 5.41) is 0. The van der Waals surface area contributed by atoms with E-state index >= 15 is 0 Å². The SMILES string of the molecule is CCCOc1ccccc1C(NN)c1cc(C)nc(C)c1. The zero-order valence-electron chi connectivity index (χ0n) is 12.9. The molecule has 0 radical (unpaired) electrons. The highest BCUT2D eigenvalue weighted by molar-refractivity contribution is 5.42. The minimum absolute atomic E-state index is 0.113. The first-order chi connectivity index (χ1) is 10.2. The highest BCUT2D eigenvalue weighted by atomic mass is 16.5. The number of nitrogens with one attached hydrogen (secondary N) is 1. The van der Waals surface area contributed by atoms with Crippen molar-refractivity contribution in [3.05, 3.63) is 58.9 Å². The number of nitrogens with two attached hydrogens (primary N) is 1. The molecule has 0 amide bonds. The molecule has 0 aliphatic heterocycles. The Labute approximate surface area is 126 Å². The van der Waals surface area contributed by atoms with Crippen LogP contribution in [0.2, 0.25) is 0 Å². The fourth-order valence-electron chi connectivity index (χ4n) is 2.46. The lowest BCUT2D eigenvalue weighted by atomic mass is 9.98. The molecule has 4 heteroatoms. The van der Waals surface area contributed by atoms with E-state index in [1.807, 2.05) is 50.2 Å². The second-order valence-corrected chi connectivity index (χ2v) is 5.17. The number of nitrogens with zero attached hydrogens (tertiary/aromatic N) is 1. The molecular formula is C17H23N3O. The smallest absolute Gasteiger partial charge is 0.124 e.